The van der Waals surface area contributed by atoms with Gasteiger partial charge in [0.15, 0.2) is 0 Å². The lowest BCUT2D eigenvalue weighted by atomic mass is 9.92. The van der Waals surface area contributed by atoms with Crippen molar-refractivity contribution >= 4 is 22.6 Å². The third kappa shape index (κ3) is 4.74. The second-order valence-corrected chi connectivity index (χ2v) is 8.06. The summed E-state index contributed by atoms with van der Waals surface area (Å²) in [5.41, 5.74) is 0.895. The van der Waals surface area contributed by atoms with Crippen molar-refractivity contribution in [3.05, 3.63) is 77.9 Å². The Hall–Kier alpha value is -3.34. The average molecular weight is 390 g/mol. The second kappa shape index (κ2) is 8.35. The first-order chi connectivity index (χ1) is 13.8. The Morgan fingerprint density at radius 3 is 2.28 bits per heavy atom. The van der Waals surface area contributed by atoms with E-state index < -0.39 is 11.5 Å². The van der Waals surface area contributed by atoms with Crippen molar-refractivity contribution in [3.63, 3.8) is 0 Å². The average Bonchev–Trinajstić information content (AvgIpc) is 2.70. The van der Waals surface area contributed by atoms with Gasteiger partial charge in [-0.15, -0.1) is 0 Å². The highest BCUT2D eigenvalue weighted by atomic mass is 16.3. The van der Waals surface area contributed by atoms with Gasteiger partial charge in [0.1, 0.15) is 5.75 Å². The highest BCUT2D eigenvalue weighted by molar-refractivity contribution is 5.91. The number of hydrogen-bond donors (Lipinski definition) is 3. The molecule has 3 rings (SSSR count). The quantitative estimate of drug-likeness (QED) is 0.618. The largest absolute Gasteiger partial charge is 0.508 e. The summed E-state index contributed by atoms with van der Waals surface area (Å²) >= 11 is 0. The van der Waals surface area contributed by atoms with Gasteiger partial charge in [0, 0.05) is 11.0 Å². The number of aromatic hydroxyl groups is 1. The van der Waals surface area contributed by atoms with Crippen LogP contribution in [-0.2, 0) is 9.59 Å². The lowest BCUT2D eigenvalue weighted by molar-refractivity contribution is -0.131. The normalized spacial score (nSPS) is 12.4. The highest BCUT2D eigenvalue weighted by Crippen LogP contribution is 2.35. The molecule has 1 unspecified atom stereocenters. The Balaban J connectivity index is 1.95. The maximum atomic E-state index is 12.7. The zero-order valence-electron chi connectivity index (χ0n) is 16.9. The fraction of sp³-hybridized carbons (Fsp3) is 0.250. The third-order valence-electron chi connectivity index (χ3n) is 4.77. The number of benzene rings is 3. The van der Waals surface area contributed by atoms with E-state index in [-0.39, 0.29) is 24.1 Å². The van der Waals surface area contributed by atoms with Gasteiger partial charge in [-0.25, -0.2) is 0 Å². The Bertz CT molecular complexity index is 1020. The fourth-order valence-electron chi connectivity index (χ4n) is 3.19. The Kier molecular flexibility index (Phi) is 5.87. The van der Waals surface area contributed by atoms with Crippen LogP contribution in [0.2, 0.25) is 0 Å². The summed E-state index contributed by atoms with van der Waals surface area (Å²) in [5, 5.41) is 18.1. The lowest BCUT2D eigenvalue weighted by Crippen LogP contribution is -2.42. The van der Waals surface area contributed by atoms with Crippen molar-refractivity contribution in [1.29, 1.82) is 0 Å². The highest BCUT2D eigenvalue weighted by Gasteiger charge is 2.24. The maximum Gasteiger partial charge on any atom is 0.240 e. The zero-order valence-corrected chi connectivity index (χ0v) is 16.9. The molecule has 0 heterocycles. The van der Waals surface area contributed by atoms with Crippen LogP contribution in [0.15, 0.2) is 66.7 Å². The Morgan fingerprint density at radius 1 is 0.931 bits per heavy atom. The molecule has 0 aliphatic heterocycles. The van der Waals surface area contributed by atoms with Crippen molar-refractivity contribution in [2.75, 3.05) is 6.54 Å². The minimum atomic E-state index is -0.576. The molecular weight excluding hydrogens is 364 g/mol. The molecule has 0 aliphatic rings. The van der Waals surface area contributed by atoms with Crippen LogP contribution in [0.25, 0.3) is 10.8 Å². The molecule has 0 saturated heterocycles. The molecule has 0 saturated carbocycles. The number of carbonyl (C=O) groups excluding carboxylic acids is 2. The lowest BCUT2D eigenvalue weighted by Gasteiger charge is -2.23. The number of phenolic OH excluding ortho intramolecular Hbond substituents is 1. The molecule has 5 nitrogen and oxygen atoms in total. The first kappa shape index (κ1) is 20.4. The molecular formula is C24H26N2O3. The van der Waals surface area contributed by atoms with Gasteiger partial charge in [-0.2, -0.15) is 0 Å². The number of nitrogens with one attached hydrogen (secondary N) is 2. The molecule has 0 aliphatic carbocycles. The second-order valence-electron chi connectivity index (χ2n) is 8.06. The molecule has 5 heteroatoms. The number of rotatable bonds is 5. The molecule has 3 aromatic carbocycles. The SMILES string of the molecule is CC(C)(C)C(=O)NCC(=O)NC(c1ccccc1)c1c(O)ccc2ccccc12. The summed E-state index contributed by atoms with van der Waals surface area (Å²) in [4.78, 5) is 24.8. The molecule has 29 heavy (non-hydrogen) atoms. The van der Waals surface area contributed by atoms with E-state index in [1.807, 2.05) is 60.7 Å². The van der Waals surface area contributed by atoms with Crippen LogP contribution in [0.5, 0.6) is 5.75 Å². The van der Waals surface area contributed by atoms with Gasteiger partial charge in [-0.05, 0) is 22.4 Å². The molecule has 0 radical (unpaired) electrons. The van der Waals surface area contributed by atoms with E-state index >= 15 is 0 Å². The molecule has 0 fully saturated rings. The van der Waals surface area contributed by atoms with Crippen LogP contribution in [0.1, 0.15) is 37.9 Å². The standard InChI is InChI=1S/C24H26N2O3/c1-24(2,3)23(29)25-15-20(28)26-22(17-10-5-4-6-11-17)21-18-12-8-7-9-16(18)13-14-19(21)27/h4-14,22,27H,15H2,1-3H3,(H,25,29)(H,26,28). The molecule has 3 N–H and O–H groups in total. The van der Waals surface area contributed by atoms with Crippen molar-refractivity contribution in [2.45, 2.75) is 26.8 Å². The van der Waals surface area contributed by atoms with Crippen molar-refractivity contribution in [1.82, 2.24) is 10.6 Å². The van der Waals surface area contributed by atoms with E-state index in [0.717, 1.165) is 16.3 Å². The van der Waals surface area contributed by atoms with Crippen LogP contribution < -0.4 is 10.6 Å². The summed E-state index contributed by atoms with van der Waals surface area (Å²) in [7, 11) is 0. The molecule has 1 atom stereocenters. The molecule has 0 aromatic heterocycles. The first-order valence-corrected chi connectivity index (χ1v) is 9.60. The van der Waals surface area contributed by atoms with Crippen LogP contribution in [0.4, 0.5) is 0 Å². The topological polar surface area (TPSA) is 78.4 Å². The van der Waals surface area contributed by atoms with Gasteiger partial charge in [-0.3, -0.25) is 9.59 Å². The predicted octanol–water partition coefficient (Wildman–Crippen LogP) is 3.91. The summed E-state index contributed by atoms with van der Waals surface area (Å²) in [5.74, 6) is -0.419. The van der Waals surface area contributed by atoms with E-state index in [2.05, 4.69) is 10.6 Å². The van der Waals surface area contributed by atoms with E-state index in [0.29, 0.717) is 5.56 Å². The van der Waals surface area contributed by atoms with Gasteiger partial charge in [0.25, 0.3) is 0 Å². The smallest absolute Gasteiger partial charge is 0.240 e. The summed E-state index contributed by atoms with van der Waals surface area (Å²) in [6, 6.07) is 20.1. The van der Waals surface area contributed by atoms with Crippen LogP contribution in [0, 0.1) is 5.41 Å². The number of phenols is 1. The monoisotopic (exact) mass is 390 g/mol. The van der Waals surface area contributed by atoms with E-state index in [1.54, 1.807) is 26.8 Å². The maximum absolute atomic E-state index is 12.7. The zero-order chi connectivity index (χ0) is 21.0. The van der Waals surface area contributed by atoms with Crippen molar-refractivity contribution in [2.24, 2.45) is 5.41 Å². The summed E-state index contributed by atoms with van der Waals surface area (Å²) in [6.07, 6.45) is 0. The van der Waals surface area contributed by atoms with Crippen LogP contribution >= 0.6 is 0 Å². The van der Waals surface area contributed by atoms with Crippen LogP contribution in [0.3, 0.4) is 0 Å². The van der Waals surface area contributed by atoms with Gasteiger partial charge in [0.05, 0.1) is 12.6 Å². The Morgan fingerprint density at radius 2 is 1.59 bits per heavy atom. The van der Waals surface area contributed by atoms with E-state index in [4.69, 9.17) is 0 Å². The minimum absolute atomic E-state index is 0.108. The van der Waals surface area contributed by atoms with Crippen LogP contribution in [-0.4, -0.2) is 23.5 Å². The molecule has 150 valence electrons. The fourth-order valence-corrected chi connectivity index (χ4v) is 3.19. The number of fused-ring (bicyclic) bond motifs is 1. The van der Waals surface area contributed by atoms with E-state index in [1.165, 1.54) is 0 Å². The predicted molar refractivity (Wildman–Crippen MR) is 115 cm³/mol. The number of carbonyl (C=O) groups is 2. The van der Waals surface area contributed by atoms with Gasteiger partial charge in [0.2, 0.25) is 11.8 Å². The van der Waals surface area contributed by atoms with Gasteiger partial charge < -0.3 is 15.7 Å². The molecule has 2 amide bonds. The molecule has 0 spiro atoms. The first-order valence-electron chi connectivity index (χ1n) is 9.60. The van der Waals surface area contributed by atoms with Gasteiger partial charge in [-0.1, -0.05) is 81.4 Å². The summed E-state index contributed by atoms with van der Waals surface area (Å²) in [6.45, 7) is 5.24. The third-order valence-corrected chi connectivity index (χ3v) is 4.77. The number of hydrogen-bond acceptors (Lipinski definition) is 3. The van der Waals surface area contributed by atoms with E-state index in [9.17, 15) is 14.7 Å². The summed E-state index contributed by atoms with van der Waals surface area (Å²) < 4.78 is 0. The Labute approximate surface area is 170 Å². The number of amides is 2. The van der Waals surface area contributed by atoms with Crippen molar-refractivity contribution in [3.8, 4) is 5.75 Å². The molecule has 3 aromatic rings. The van der Waals surface area contributed by atoms with Crippen molar-refractivity contribution < 1.29 is 14.7 Å². The van der Waals surface area contributed by atoms with Gasteiger partial charge >= 0.3 is 0 Å². The minimum Gasteiger partial charge on any atom is -0.508 e. The molecule has 0 bridgehead atoms.